The van der Waals surface area contributed by atoms with Crippen LogP contribution in [0, 0.1) is 0 Å². The summed E-state index contributed by atoms with van der Waals surface area (Å²) in [5, 5.41) is 3.37. The van der Waals surface area contributed by atoms with Crippen molar-refractivity contribution in [2.45, 2.75) is 52.6 Å². The zero-order valence-electron chi connectivity index (χ0n) is 11.6. The van der Waals surface area contributed by atoms with E-state index >= 15 is 0 Å². The Balaban J connectivity index is 2.34. The predicted molar refractivity (Wildman–Crippen MR) is 72.9 cm³/mol. The molecule has 0 amide bonds. The third-order valence-electron chi connectivity index (χ3n) is 3.32. The van der Waals surface area contributed by atoms with E-state index < -0.39 is 0 Å². The normalized spacial score (nSPS) is 16.2. The van der Waals surface area contributed by atoms with Crippen LogP contribution in [0.4, 0.5) is 5.82 Å². The molecule has 0 aliphatic heterocycles. The van der Waals surface area contributed by atoms with Gasteiger partial charge in [0.15, 0.2) is 5.82 Å². The van der Waals surface area contributed by atoms with Gasteiger partial charge >= 0.3 is 0 Å². The lowest BCUT2D eigenvalue weighted by molar-refractivity contribution is 0.0699. The Hall–Kier alpha value is -1.16. The molecule has 1 heterocycles. The van der Waals surface area contributed by atoms with Crippen molar-refractivity contribution in [2.75, 3.05) is 18.5 Å². The Morgan fingerprint density at radius 2 is 2.00 bits per heavy atom. The lowest BCUT2D eigenvalue weighted by Gasteiger charge is -2.21. The van der Waals surface area contributed by atoms with E-state index in [1.807, 2.05) is 13.8 Å². The minimum absolute atomic E-state index is 0.0281. The van der Waals surface area contributed by atoms with Crippen LogP contribution in [0.1, 0.15) is 56.8 Å². The number of fused-ring (bicyclic) bond motifs is 1. The molecule has 0 saturated carbocycles. The Labute approximate surface area is 109 Å². The van der Waals surface area contributed by atoms with Crippen LogP contribution in [0.15, 0.2) is 0 Å². The molecule has 0 fully saturated rings. The van der Waals surface area contributed by atoms with Gasteiger partial charge in [0.2, 0.25) is 0 Å². The van der Waals surface area contributed by atoms with Crippen molar-refractivity contribution >= 4 is 5.82 Å². The Kier molecular flexibility index (Phi) is 4.53. The molecule has 100 valence electrons. The highest BCUT2D eigenvalue weighted by Crippen LogP contribution is 2.27. The van der Waals surface area contributed by atoms with E-state index in [0.717, 1.165) is 31.0 Å². The summed E-state index contributed by atoms with van der Waals surface area (Å²) in [6.07, 6.45) is 4.62. The second-order valence-electron chi connectivity index (χ2n) is 4.69. The molecular formula is C14H23N3O. The van der Waals surface area contributed by atoms with E-state index in [1.165, 1.54) is 24.1 Å². The molecule has 1 N–H and O–H groups in total. The van der Waals surface area contributed by atoms with E-state index in [4.69, 9.17) is 9.72 Å². The Morgan fingerprint density at radius 1 is 1.22 bits per heavy atom. The van der Waals surface area contributed by atoms with Crippen molar-refractivity contribution in [3.63, 3.8) is 0 Å². The SMILES string of the molecule is CCNc1nc(C(C)OCC)nc2c1CCCC2. The highest BCUT2D eigenvalue weighted by molar-refractivity contribution is 5.47. The van der Waals surface area contributed by atoms with Gasteiger partial charge in [-0.25, -0.2) is 9.97 Å². The zero-order valence-corrected chi connectivity index (χ0v) is 11.6. The van der Waals surface area contributed by atoms with Gasteiger partial charge in [-0.1, -0.05) is 0 Å². The molecule has 2 rings (SSSR count). The van der Waals surface area contributed by atoms with Crippen molar-refractivity contribution in [3.8, 4) is 0 Å². The molecule has 0 aromatic carbocycles. The standard InChI is InChI=1S/C14H23N3O/c1-4-15-14-11-8-6-7-9-12(11)16-13(17-14)10(3)18-5-2/h10H,4-9H2,1-3H3,(H,15,16,17). The maximum Gasteiger partial charge on any atom is 0.159 e. The van der Waals surface area contributed by atoms with Crippen LogP contribution < -0.4 is 5.32 Å². The van der Waals surface area contributed by atoms with Gasteiger partial charge < -0.3 is 10.1 Å². The number of ether oxygens (including phenoxy) is 1. The van der Waals surface area contributed by atoms with Gasteiger partial charge in [0.1, 0.15) is 11.9 Å². The maximum absolute atomic E-state index is 5.60. The molecule has 1 unspecified atom stereocenters. The van der Waals surface area contributed by atoms with Crippen LogP contribution in [0.2, 0.25) is 0 Å². The molecule has 1 atom stereocenters. The third kappa shape index (κ3) is 2.80. The summed E-state index contributed by atoms with van der Waals surface area (Å²) in [5.74, 6) is 1.83. The molecule has 0 radical (unpaired) electrons. The van der Waals surface area contributed by atoms with Crippen molar-refractivity contribution < 1.29 is 4.74 Å². The average molecular weight is 249 g/mol. The maximum atomic E-state index is 5.60. The summed E-state index contributed by atoms with van der Waals surface area (Å²) < 4.78 is 5.60. The fraction of sp³-hybridized carbons (Fsp3) is 0.714. The van der Waals surface area contributed by atoms with E-state index in [-0.39, 0.29) is 6.10 Å². The molecule has 0 saturated heterocycles. The number of aromatic nitrogens is 2. The quantitative estimate of drug-likeness (QED) is 0.871. The molecule has 18 heavy (non-hydrogen) atoms. The summed E-state index contributed by atoms with van der Waals surface area (Å²) in [5.41, 5.74) is 2.53. The number of nitrogens with one attached hydrogen (secondary N) is 1. The van der Waals surface area contributed by atoms with Crippen molar-refractivity contribution in [2.24, 2.45) is 0 Å². The minimum Gasteiger partial charge on any atom is -0.371 e. The van der Waals surface area contributed by atoms with Crippen LogP contribution in [0.3, 0.4) is 0 Å². The van der Waals surface area contributed by atoms with Gasteiger partial charge in [0, 0.05) is 24.4 Å². The van der Waals surface area contributed by atoms with Crippen LogP contribution in [0.5, 0.6) is 0 Å². The first-order valence-corrected chi connectivity index (χ1v) is 7.01. The fourth-order valence-corrected chi connectivity index (χ4v) is 2.43. The highest BCUT2D eigenvalue weighted by atomic mass is 16.5. The topological polar surface area (TPSA) is 47.0 Å². The predicted octanol–water partition coefficient (Wildman–Crippen LogP) is 2.88. The lowest BCUT2D eigenvalue weighted by atomic mass is 9.96. The smallest absolute Gasteiger partial charge is 0.159 e. The second-order valence-corrected chi connectivity index (χ2v) is 4.69. The first-order valence-electron chi connectivity index (χ1n) is 7.01. The Bertz CT molecular complexity index is 406. The molecule has 1 aliphatic carbocycles. The minimum atomic E-state index is -0.0281. The van der Waals surface area contributed by atoms with Gasteiger partial charge in [0.05, 0.1) is 0 Å². The molecule has 0 spiro atoms. The molecule has 1 aromatic rings. The lowest BCUT2D eigenvalue weighted by Crippen LogP contribution is -2.16. The molecule has 1 aromatic heterocycles. The molecule has 4 nitrogen and oxygen atoms in total. The van der Waals surface area contributed by atoms with Gasteiger partial charge in [-0.3, -0.25) is 0 Å². The molecule has 1 aliphatic rings. The monoisotopic (exact) mass is 249 g/mol. The average Bonchev–Trinajstić information content (AvgIpc) is 2.39. The van der Waals surface area contributed by atoms with E-state index in [1.54, 1.807) is 0 Å². The summed E-state index contributed by atoms with van der Waals surface area (Å²) in [4.78, 5) is 9.35. The first kappa shape index (κ1) is 13.3. The first-order chi connectivity index (χ1) is 8.76. The highest BCUT2D eigenvalue weighted by Gasteiger charge is 2.19. The number of rotatable bonds is 5. The van der Waals surface area contributed by atoms with Crippen LogP contribution in [0.25, 0.3) is 0 Å². The van der Waals surface area contributed by atoms with Gasteiger partial charge in [0.25, 0.3) is 0 Å². The largest absolute Gasteiger partial charge is 0.371 e. The molecule has 0 bridgehead atoms. The number of hydrogen-bond acceptors (Lipinski definition) is 4. The number of aryl methyl sites for hydroxylation is 1. The van der Waals surface area contributed by atoms with Crippen molar-refractivity contribution in [1.82, 2.24) is 9.97 Å². The van der Waals surface area contributed by atoms with Crippen LogP contribution in [-0.2, 0) is 17.6 Å². The molecular weight excluding hydrogens is 226 g/mol. The van der Waals surface area contributed by atoms with Crippen LogP contribution >= 0.6 is 0 Å². The van der Waals surface area contributed by atoms with E-state index in [2.05, 4.69) is 17.2 Å². The molecule has 4 heteroatoms. The van der Waals surface area contributed by atoms with E-state index in [0.29, 0.717) is 6.61 Å². The second kappa shape index (κ2) is 6.14. The van der Waals surface area contributed by atoms with Gasteiger partial charge in [-0.2, -0.15) is 0 Å². The summed E-state index contributed by atoms with van der Waals surface area (Å²) in [6.45, 7) is 7.71. The summed E-state index contributed by atoms with van der Waals surface area (Å²) in [7, 11) is 0. The fourth-order valence-electron chi connectivity index (χ4n) is 2.43. The third-order valence-corrected chi connectivity index (χ3v) is 3.32. The summed E-state index contributed by atoms with van der Waals surface area (Å²) in [6, 6.07) is 0. The van der Waals surface area contributed by atoms with Crippen molar-refractivity contribution in [3.05, 3.63) is 17.1 Å². The number of anilines is 1. The van der Waals surface area contributed by atoms with E-state index in [9.17, 15) is 0 Å². The number of nitrogens with zero attached hydrogens (tertiary/aromatic N) is 2. The Morgan fingerprint density at radius 3 is 2.72 bits per heavy atom. The number of hydrogen-bond donors (Lipinski definition) is 1. The summed E-state index contributed by atoms with van der Waals surface area (Å²) >= 11 is 0. The zero-order chi connectivity index (χ0) is 13.0. The van der Waals surface area contributed by atoms with Crippen LogP contribution in [-0.4, -0.2) is 23.1 Å². The van der Waals surface area contributed by atoms with Gasteiger partial charge in [-0.15, -0.1) is 0 Å². The van der Waals surface area contributed by atoms with Crippen molar-refractivity contribution in [1.29, 1.82) is 0 Å². The van der Waals surface area contributed by atoms with Gasteiger partial charge in [-0.05, 0) is 46.5 Å².